The molecule has 1 heterocycles. The van der Waals surface area contributed by atoms with Crippen molar-refractivity contribution in [1.29, 1.82) is 0 Å². The number of carbonyl (C=O) groups excluding carboxylic acids is 2. The molecule has 0 saturated heterocycles. The predicted molar refractivity (Wildman–Crippen MR) is 93.9 cm³/mol. The summed E-state index contributed by atoms with van der Waals surface area (Å²) >= 11 is 0. The van der Waals surface area contributed by atoms with Gasteiger partial charge in [0.25, 0.3) is 5.69 Å². The highest BCUT2D eigenvalue weighted by molar-refractivity contribution is 6.00. The smallest absolute Gasteiger partial charge is 0.274 e. The van der Waals surface area contributed by atoms with Crippen molar-refractivity contribution in [3.8, 4) is 0 Å². The Bertz CT molecular complexity index is 991. The van der Waals surface area contributed by atoms with E-state index in [0.29, 0.717) is 6.29 Å². The minimum atomic E-state index is -0.542. The van der Waals surface area contributed by atoms with Crippen molar-refractivity contribution in [2.45, 2.75) is 13.3 Å². The molecule has 1 aromatic heterocycles. The Kier molecular flexibility index (Phi) is 4.30. The molecule has 0 radical (unpaired) electrons. The van der Waals surface area contributed by atoms with Crippen LogP contribution >= 0.6 is 0 Å². The van der Waals surface area contributed by atoms with Crippen LogP contribution in [0.4, 0.5) is 11.4 Å². The van der Waals surface area contributed by atoms with Crippen LogP contribution in [0.25, 0.3) is 10.9 Å². The number of nitro groups is 1. The van der Waals surface area contributed by atoms with E-state index in [4.69, 9.17) is 0 Å². The predicted octanol–water partition coefficient (Wildman–Crippen LogP) is 3.38. The molecule has 126 valence electrons. The van der Waals surface area contributed by atoms with Gasteiger partial charge < -0.3 is 10.3 Å². The number of amides is 1. The van der Waals surface area contributed by atoms with E-state index < -0.39 is 4.92 Å². The third-order valence-corrected chi connectivity index (χ3v) is 4.08. The normalized spacial score (nSPS) is 10.6. The summed E-state index contributed by atoms with van der Waals surface area (Å²) in [7, 11) is 0. The molecule has 0 unspecified atom stereocenters. The van der Waals surface area contributed by atoms with E-state index in [2.05, 4.69) is 10.3 Å². The number of aromatic amines is 1. The molecule has 0 atom stereocenters. The zero-order chi connectivity index (χ0) is 18.0. The van der Waals surface area contributed by atoms with Gasteiger partial charge in [0.1, 0.15) is 0 Å². The molecular formula is C18H15N3O4. The second-order valence-corrected chi connectivity index (χ2v) is 5.63. The summed E-state index contributed by atoms with van der Waals surface area (Å²) in [5.41, 5.74) is 2.22. The summed E-state index contributed by atoms with van der Waals surface area (Å²) in [6, 6.07) is 10.2. The highest BCUT2D eigenvalue weighted by Crippen LogP contribution is 2.29. The van der Waals surface area contributed by atoms with Crippen molar-refractivity contribution in [1.82, 2.24) is 4.98 Å². The van der Waals surface area contributed by atoms with Crippen molar-refractivity contribution >= 4 is 34.5 Å². The first-order valence-electron chi connectivity index (χ1n) is 7.59. The molecule has 0 fully saturated rings. The minimum absolute atomic E-state index is 0.0877. The molecule has 0 aliphatic carbocycles. The lowest BCUT2D eigenvalue weighted by molar-refractivity contribution is -0.385. The lowest BCUT2D eigenvalue weighted by atomic mass is 10.1. The van der Waals surface area contributed by atoms with Crippen LogP contribution in [-0.2, 0) is 11.2 Å². The van der Waals surface area contributed by atoms with Crippen LogP contribution < -0.4 is 5.32 Å². The fraction of sp³-hybridized carbons (Fsp3) is 0.111. The zero-order valence-electron chi connectivity index (χ0n) is 13.4. The monoisotopic (exact) mass is 337 g/mol. The average molecular weight is 337 g/mol. The SMILES string of the molecule is Cc1c([N+](=O)[O-])ccc(C=O)c1NC(=O)Cc1c[nH]c2ccccc12. The zero-order valence-corrected chi connectivity index (χ0v) is 13.4. The van der Waals surface area contributed by atoms with Crippen molar-refractivity contribution in [3.63, 3.8) is 0 Å². The first-order valence-corrected chi connectivity index (χ1v) is 7.59. The third kappa shape index (κ3) is 3.12. The van der Waals surface area contributed by atoms with Crippen LogP contribution in [0.2, 0.25) is 0 Å². The van der Waals surface area contributed by atoms with Gasteiger partial charge in [-0.3, -0.25) is 19.7 Å². The number of aldehydes is 1. The minimum Gasteiger partial charge on any atom is -0.361 e. The molecule has 7 nitrogen and oxygen atoms in total. The lowest BCUT2D eigenvalue weighted by Crippen LogP contribution is -2.17. The molecule has 2 N–H and O–H groups in total. The second-order valence-electron chi connectivity index (χ2n) is 5.63. The number of anilines is 1. The quantitative estimate of drug-likeness (QED) is 0.423. The van der Waals surface area contributed by atoms with Gasteiger partial charge in [-0.2, -0.15) is 0 Å². The number of benzene rings is 2. The Balaban J connectivity index is 1.89. The van der Waals surface area contributed by atoms with E-state index in [1.165, 1.54) is 19.1 Å². The molecule has 3 rings (SSSR count). The van der Waals surface area contributed by atoms with E-state index in [-0.39, 0.29) is 34.8 Å². The summed E-state index contributed by atoms with van der Waals surface area (Å²) in [4.78, 5) is 37.2. The maximum absolute atomic E-state index is 12.4. The number of nitrogens with zero attached hydrogens (tertiary/aromatic N) is 1. The van der Waals surface area contributed by atoms with Crippen molar-refractivity contribution < 1.29 is 14.5 Å². The molecule has 0 saturated carbocycles. The number of fused-ring (bicyclic) bond motifs is 1. The fourth-order valence-electron chi connectivity index (χ4n) is 2.82. The van der Waals surface area contributed by atoms with Crippen molar-refractivity contribution in [2.24, 2.45) is 0 Å². The van der Waals surface area contributed by atoms with E-state index >= 15 is 0 Å². The summed E-state index contributed by atoms with van der Waals surface area (Å²) < 4.78 is 0. The van der Waals surface area contributed by atoms with E-state index in [1.807, 2.05) is 24.3 Å². The topological polar surface area (TPSA) is 105 Å². The van der Waals surface area contributed by atoms with E-state index in [9.17, 15) is 19.7 Å². The summed E-state index contributed by atoms with van der Waals surface area (Å²) in [6.45, 7) is 1.51. The van der Waals surface area contributed by atoms with Crippen LogP contribution in [0, 0.1) is 17.0 Å². The van der Waals surface area contributed by atoms with Gasteiger partial charge in [0.2, 0.25) is 5.91 Å². The number of para-hydroxylation sites is 1. The molecule has 1 amide bonds. The highest BCUT2D eigenvalue weighted by Gasteiger charge is 2.19. The van der Waals surface area contributed by atoms with Crippen LogP contribution in [0.15, 0.2) is 42.6 Å². The number of nitro benzene ring substituents is 1. The molecule has 25 heavy (non-hydrogen) atoms. The van der Waals surface area contributed by atoms with Gasteiger partial charge in [0.15, 0.2) is 6.29 Å². The highest BCUT2D eigenvalue weighted by atomic mass is 16.6. The van der Waals surface area contributed by atoms with Gasteiger partial charge in [-0.05, 0) is 24.6 Å². The summed E-state index contributed by atoms with van der Waals surface area (Å²) in [5, 5.41) is 14.6. The van der Waals surface area contributed by atoms with Crippen molar-refractivity contribution in [2.75, 3.05) is 5.32 Å². The Morgan fingerprint density at radius 3 is 2.76 bits per heavy atom. The fourth-order valence-corrected chi connectivity index (χ4v) is 2.82. The molecule has 0 aliphatic heterocycles. The standard InChI is InChI=1S/C18H15N3O4/c1-11-16(21(24)25)7-6-12(10-22)18(11)20-17(23)8-13-9-19-15-5-3-2-4-14(13)15/h2-7,9-10,19H,8H2,1H3,(H,20,23). The van der Waals surface area contributed by atoms with Gasteiger partial charge in [0.05, 0.1) is 22.6 Å². The van der Waals surface area contributed by atoms with E-state index in [0.717, 1.165) is 16.5 Å². The number of carbonyl (C=O) groups is 2. The molecular weight excluding hydrogens is 322 g/mol. The van der Waals surface area contributed by atoms with Crippen LogP contribution in [-0.4, -0.2) is 22.1 Å². The summed E-state index contributed by atoms with van der Waals surface area (Å²) in [6.07, 6.45) is 2.41. The molecule has 3 aromatic rings. The van der Waals surface area contributed by atoms with Crippen LogP contribution in [0.1, 0.15) is 21.5 Å². The number of aromatic nitrogens is 1. The molecule has 7 heteroatoms. The number of nitrogens with one attached hydrogen (secondary N) is 2. The first-order chi connectivity index (χ1) is 12.0. The Morgan fingerprint density at radius 1 is 1.28 bits per heavy atom. The van der Waals surface area contributed by atoms with Gasteiger partial charge in [-0.15, -0.1) is 0 Å². The van der Waals surface area contributed by atoms with Crippen LogP contribution in [0.5, 0.6) is 0 Å². The molecule has 0 bridgehead atoms. The largest absolute Gasteiger partial charge is 0.361 e. The second kappa shape index (κ2) is 6.56. The summed E-state index contributed by atoms with van der Waals surface area (Å²) in [5.74, 6) is -0.351. The van der Waals surface area contributed by atoms with Crippen LogP contribution in [0.3, 0.4) is 0 Å². The van der Waals surface area contributed by atoms with Gasteiger partial charge in [-0.25, -0.2) is 0 Å². The lowest BCUT2D eigenvalue weighted by Gasteiger charge is -2.11. The maximum Gasteiger partial charge on any atom is 0.274 e. The number of rotatable bonds is 5. The van der Waals surface area contributed by atoms with Gasteiger partial charge in [-0.1, -0.05) is 18.2 Å². The molecule has 0 aliphatic rings. The van der Waals surface area contributed by atoms with Crippen molar-refractivity contribution in [3.05, 3.63) is 69.4 Å². The third-order valence-electron chi connectivity index (χ3n) is 4.08. The Labute approximate surface area is 142 Å². The molecule has 0 spiro atoms. The van der Waals surface area contributed by atoms with Gasteiger partial charge >= 0.3 is 0 Å². The number of hydrogen-bond acceptors (Lipinski definition) is 4. The van der Waals surface area contributed by atoms with E-state index in [1.54, 1.807) is 6.20 Å². The Hall–Kier alpha value is -3.48. The first kappa shape index (κ1) is 16.4. The Morgan fingerprint density at radius 2 is 2.04 bits per heavy atom. The molecule has 2 aromatic carbocycles. The maximum atomic E-state index is 12.4. The number of H-pyrrole nitrogens is 1. The average Bonchev–Trinajstić information content (AvgIpc) is 2.99. The van der Waals surface area contributed by atoms with Gasteiger partial charge in [0, 0.05) is 28.7 Å². The number of hydrogen-bond donors (Lipinski definition) is 2.